The van der Waals surface area contributed by atoms with Gasteiger partial charge in [-0.15, -0.1) is 0 Å². The third-order valence-electron chi connectivity index (χ3n) is 2.26. The van der Waals surface area contributed by atoms with E-state index in [0.29, 0.717) is 11.6 Å². The largest absolute Gasteiger partial charge is 0.481 e. The van der Waals surface area contributed by atoms with E-state index in [2.05, 4.69) is 9.97 Å². The first-order valence-corrected chi connectivity index (χ1v) is 5.78. The summed E-state index contributed by atoms with van der Waals surface area (Å²) in [5.74, 6) is 0.480. The van der Waals surface area contributed by atoms with Gasteiger partial charge >= 0.3 is 0 Å². The van der Waals surface area contributed by atoms with E-state index in [0.717, 1.165) is 0 Å². The second-order valence-electron chi connectivity index (χ2n) is 3.45. The summed E-state index contributed by atoms with van der Waals surface area (Å²) in [6.45, 7) is 0.250. The number of ether oxygens (including phenoxy) is 1. The van der Waals surface area contributed by atoms with E-state index < -0.39 is 5.56 Å². The maximum atomic E-state index is 11.8. The predicted octanol–water partition coefficient (Wildman–Crippen LogP) is 2.00. The van der Waals surface area contributed by atoms with Gasteiger partial charge in [0.1, 0.15) is 5.02 Å². The maximum absolute atomic E-state index is 11.8. The topological polar surface area (TPSA) is 57.0 Å². The van der Waals surface area contributed by atoms with Crippen LogP contribution in [0.25, 0.3) is 0 Å². The van der Waals surface area contributed by atoms with Gasteiger partial charge in [-0.1, -0.05) is 29.3 Å². The molecule has 0 unspecified atom stereocenters. The Bertz CT molecular complexity index is 628. The fourth-order valence-corrected chi connectivity index (χ4v) is 1.67. The fraction of sp³-hybridized carbons (Fsp3) is 0.182. The van der Waals surface area contributed by atoms with Crippen molar-refractivity contribution in [2.24, 2.45) is 0 Å². The summed E-state index contributed by atoms with van der Waals surface area (Å²) in [6, 6.07) is 5.29. The molecule has 2 rings (SSSR count). The van der Waals surface area contributed by atoms with Crippen molar-refractivity contribution < 1.29 is 4.74 Å². The quantitative estimate of drug-likeness (QED) is 0.810. The van der Waals surface area contributed by atoms with Gasteiger partial charge < -0.3 is 4.74 Å². The zero-order valence-corrected chi connectivity index (χ0v) is 10.9. The molecule has 18 heavy (non-hydrogen) atoms. The number of pyridine rings is 1. The molecule has 0 atom stereocenters. The zero-order chi connectivity index (χ0) is 13.1. The molecule has 0 radical (unpaired) electrons. The van der Waals surface area contributed by atoms with Crippen molar-refractivity contribution in [3.8, 4) is 5.88 Å². The molecule has 0 N–H and O–H groups in total. The van der Waals surface area contributed by atoms with Crippen LogP contribution in [-0.2, 0) is 6.54 Å². The molecule has 5 nitrogen and oxygen atoms in total. The van der Waals surface area contributed by atoms with Gasteiger partial charge in [-0.3, -0.25) is 9.36 Å². The third kappa shape index (κ3) is 2.63. The number of hydrogen-bond donors (Lipinski definition) is 0. The van der Waals surface area contributed by atoms with Gasteiger partial charge in [0.2, 0.25) is 5.88 Å². The molecular formula is C11H9Cl2N3O2. The van der Waals surface area contributed by atoms with Crippen LogP contribution in [0.5, 0.6) is 5.88 Å². The van der Waals surface area contributed by atoms with Crippen molar-refractivity contribution in [3.63, 3.8) is 0 Å². The van der Waals surface area contributed by atoms with Gasteiger partial charge in [0.15, 0.2) is 5.15 Å². The van der Waals surface area contributed by atoms with Gasteiger partial charge in [0.05, 0.1) is 25.7 Å². The monoisotopic (exact) mass is 285 g/mol. The molecule has 0 bridgehead atoms. The summed E-state index contributed by atoms with van der Waals surface area (Å²) in [5.41, 5.74) is 0.262. The summed E-state index contributed by atoms with van der Waals surface area (Å²) in [5, 5.41) is -0.0985. The van der Waals surface area contributed by atoms with Crippen LogP contribution in [0.15, 0.2) is 29.3 Å². The molecule has 0 aliphatic carbocycles. The van der Waals surface area contributed by atoms with Gasteiger partial charge in [0.25, 0.3) is 5.56 Å². The van der Waals surface area contributed by atoms with E-state index in [9.17, 15) is 4.79 Å². The summed E-state index contributed by atoms with van der Waals surface area (Å²) in [7, 11) is 1.53. The predicted molar refractivity (Wildman–Crippen MR) is 68.4 cm³/mol. The number of nitrogens with zero attached hydrogens (tertiary/aromatic N) is 3. The molecular weight excluding hydrogens is 277 g/mol. The molecule has 0 aliphatic heterocycles. The van der Waals surface area contributed by atoms with E-state index in [1.807, 2.05) is 0 Å². The van der Waals surface area contributed by atoms with Crippen LogP contribution >= 0.6 is 23.2 Å². The van der Waals surface area contributed by atoms with E-state index in [-0.39, 0.29) is 16.7 Å². The number of halogens is 2. The van der Waals surface area contributed by atoms with Crippen LogP contribution in [0.3, 0.4) is 0 Å². The number of hydrogen-bond acceptors (Lipinski definition) is 4. The van der Waals surface area contributed by atoms with Crippen LogP contribution in [0.1, 0.15) is 5.69 Å². The summed E-state index contributed by atoms with van der Waals surface area (Å²) >= 11 is 11.4. The van der Waals surface area contributed by atoms with Crippen molar-refractivity contribution in [1.29, 1.82) is 0 Å². The first kappa shape index (κ1) is 12.9. The molecule has 7 heteroatoms. The van der Waals surface area contributed by atoms with E-state index in [1.165, 1.54) is 18.0 Å². The second kappa shape index (κ2) is 5.37. The molecule has 0 spiro atoms. The highest BCUT2D eigenvalue weighted by molar-refractivity contribution is 6.40. The number of aromatic nitrogens is 3. The van der Waals surface area contributed by atoms with Crippen molar-refractivity contribution >= 4 is 23.2 Å². The Morgan fingerprint density at radius 3 is 2.89 bits per heavy atom. The Hall–Kier alpha value is -1.59. The molecule has 0 aromatic carbocycles. The summed E-state index contributed by atoms with van der Waals surface area (Å²) in [4.78, 5) is 19.8. The van der Waals surface area contributed by atoms with Crippen molar-refractivity contribution in [1.82, 2.24) is 14.5 Å². The standard InChI is InChI=1S/C11H9Cl2N3O2/c1-18-8-4-2-3-7(15-8)5-16-6-14-10(13)9(12)11(16)17/h2-4,6H,5H2,1H3. The van der Waals surface area contributed by atoms with E-state index in [4.69, 9.17) is 27.9 Å². The molecule has 2 heterocycles. The normalized spacial score (nSPS) is 10.4. The Morgan fingerprint density at radius 2 is 2.17 bits per heavy atom. The Morgan fingerprint density at radius 1 is 1.39 bits per heavy atom. The lowest BCUT2D eigenvalue weighted by molar-refractivity contribution is 0.395. The molecule has 94 valence electrons. The Labute approximate surface area is 113 Å². The molecule has 0 saturated heterocycles. The zero-order valence-electron chi connectivity index (χ0n) is 9.43. The van der Waals surface area contributed by atoms with Crippen molar-refractivity contribution in [2.45, 2.75) is 6.54 Å². The van der Waals surface area contributed by atoms with Crippen LogP contribution in [0.2, 0.25) is 10.2 Å². The Balaban J connectivity index is 2.34. The lowest BCUT2D eigenvalue weighted by Crippen LogP contribution is -2.22. The van der Waals surface area contributed by atoms with Crippen LogP contribution in [-0.4, -0.2) is 21.6 Å². The maximum Gasteiger partial charge on any atom is 0.274 e. The molecule has 2 aromatic heterocycles. The third-order valence-corrected chi connectivity index (χ3v) is 2.99. The molecule has 2 aromatic rings. The minimum absolute atomic E-state index is 0.00322. The van der Waals surface area contributed by atoms with Gasteiger partial charge in [0, 0.05) is 6.07 Å². The Kier molecular flexibility index (Phi) is 3.84. The molecule has 0 amide bonds. The van der Waals surface area contributed by atoms with Crippen molar-refractivity contribution in [3.05, 3.63) is 50.7 Å². The molecule has 0 aliphatic rings. The van der Waals surface area contributed by atoms with E-state index >= 15 is 0 Å². The SMILES string of the molecule is COc1cccc(Cn2cnc(Cl)c(Cl)c2=O)n1. The average molecular weight is 286 g/mol. The molecule has 0 saturated carbocycles. The smallest absolute Gasteiger partial charge is 0.274 e. The summed E-state index contributed by atoms with van der Waals surface area (Å²) < 4.78 is 6.33. The first-order valence-electron chi connectivity index (χ1n) is 5.02. The minimum atomic E-state index is -0.402. The second-order valence-corrected chi connectivity index (χ2v) is 4.19. The summed E-state index contributed by atoms with van der Waals surface area (Å²) in [6.07, 6.45) is 1.33. The van der Waals surface area contributed by atoms with Crippen LogP contribution < -0.4 is 10.3 Å². The highest BCUT2D eigenvalue weighted by atomic mass is 35.5. The number of methoxy groups -OCH3 is 1. The average Bonchev–Trinajstić information content (AvgIpc) is 2.40. The van der Waals surface area contributed by atoms with Gasteiger partial charge in [-0.25, -0.2) is 9.97 Å². The first-order chi connectivity index (χ1) is 8.61. The lowest BCUT2D eigenvalue weighted by atomic mass is 10.3. The van der Waals surface area contributed by atoms with Crippen molar-refractivity contribution in [2.75, 3.05) is 7.11 Å². The van der Waals surface area contributed by atoms with Gasteiger partial charge in [-0.2, -0.15) is 0 Å². The van der Waals surface area contributed by atoms with Crippen LogP contribution in [0, 0.1) is 0 Å². The van der Waals surface area contributed by atoms with Gasteiger partial charge in [-0.05, 0) is 6.07 Å². The lowest BCUT2D eigenvalue weighted by Gasteiger charge is -2.06. The fourth-order valence-electron chi connectivity index (χ4n) is 1.39. The number of rotatable bonds is 3. The van der Waals surface area contributed by atoms with E-state index in [1.54, 1.807) is 18.2 Å². The van der Waals surface area contributed by atoms with Crippen LogP contribution in [0.4, 0.5) is 0 Å². The minimum Gasteiger partial charge on any atom is -0.481 e. The highest BCUT2D eigenvalue weighted by Gasteiger charge is 2.08. The highest BCUT2D eigenvalue weighted by Crippen LogP contribution is 2.13. The molecule has 0 fully saturated rings.